The molecular formula is C25H22ClN3O5. The molecule has 1 atom stereocenters. The van der Waals surface area contributed by atoms with Crippen molar-refractivity contribution in [1.29, 1.82) is 0 Å². The van der Waals surface area contributed by atoms with Gasteiger partial charge < -0.3 is 14.8 Å². The molecule has 4 rings (SSSR count). The van der Waals surface area contributed by atoms with Crippen LogP contribution in [0.1, 0.15) is 23.0 Å². The maximum absolute atomic E-state index is 12.8. The highest BCUT2D eigenvalue weighted by Gasteiger charge is 2.33. The Morgan fingerprint density at radius 3 is 2.79 bits per heavy atom. The molecule has 9 heteroatoms. The van der Waals surface area contributed by atoms with E-state index in [0.29, 0.717) is 33.5 Å². The largest absolute Gasteiger partial charge is 0.485 e. The highest BCUT2D eigenvalue weighted by Crippen LogP contribution is 2.34. The second-order valence-electron chi connectivity index (χ2n) is 7.62. The zero-order valence-corrected chi connectivity index (χ0v) is 19.1. The number of ketones is 1. The molecule has 2 heterocycles. The number of carbonyl (C=O) groups excluding carboxylic acids is 3. The number of carbonyl (C=O) groups is 3. The number of anilines is 1. The predicted molar refractivity (Wildman–Crippen MR) is 126 cm³/mol. The zero-order valence-electron chi connectivity index (χ0n) is 18.4. The fourth-order valence-electron chi connectivity index (χ4n) is 3.50. The lowest BCUT2D eigenvalue weighted by Gasteiger charge is -2.33. The molecule has 0 radical (unpaired) electrons. The van der Waals surface area contributed by atoms with Crippen LogP contribution in [0.5, 0.6) is 11.5 Å². The van der Waals surface area contributed by atoms with Gasteiger partial charge in [-0.1, -0.05) is 23.7 Å². The number of pyridine rings is 1. The first-order valence-corrected chi connectivity index (χ1v) is 11.0. The first-order valence-electron chi connectivity index (χ1n) is 10.6. The molecule has 1 aliphatic rings. The fraction of sp³-hybridized carbons (Fsp3) is 0.200. The Kier molecular flexibility index (Phi) is 7.08. The second kappa shape index (κ2) is 10.4. The summed E-state index contributed by atoms with van der Waals surface area (Å²) in [6.45, 7) is 1.44. The van der Waals surface area contributed by atoms with Gasteiger partial charge in [0.1, 0.15) is 17.5 Å². The minimum atomic E-state index is -0.827. The summed E-state index contributed by atoms with van der Waals surface area (Å²) in [7, 11) is 0. The van der Waals surface area contributed by atoms with E-state index in [-0.39, 0.29) is 37.4 Å². The van der Waals surface area contributed by atoms with Crippen LogP contribution in [0.2, 0.25) is 5.02 Å². The molecule has 1 aliphatic heterocycles. The third-order valence-corrected chi connectivity index (χ3v) is 5.50. The standard InChI is InChI=1S/C25H22ClN3O5/c1-16(25(32)28-13-19-6-2-3-10-27-19)29-21-11-17(8-9-23(21)34-15-24(29)31)22(30)14-33-20-7-4-5-18(26)12-20/h2-12,16H,13-15H2,1H3,(H,28,32)/t16-/m0/s1. The Morgan fingerprint density at radius 2 is 2.03 bits per heavy atom. The van der Waals surface area contributed by atoms with Crippen LogP contribution in [0.25, 0.3) is 0 Å². The number of halogens is 1. The highest BCUT2D eigenvalue weighted by molar-refractivity contribution is 6.30. The lowest BCUT2D eigenvalue weighted by atomic mass is 10.1. The van der Waals surface area contributed by atoms with Gasteiger partial charge in [-0.05, 0) is 55.5 Å². The molecule has 0 saturated carbocycles. The number of nitrogens with zero attached hydrogens (tertiary/aromatic N) is 2. The quantitative estimate of drug-likeness (QED) is 0.497. The number of benzene rings is 2. The van der Waals surface area contributed by atoms with E-state index in [1.54, 1.807) is 67.7 Å². The van der Waals surface area contributed by atoms with Gasteiger partial charge in [0.15, 0.2) is 19.0 Å². The van der Waals surface area contributed by atoms with E-state index >= 15 is 0 Å². The molecule has 2 amide bonds. The van der Waals surface area contributed by atoms with Crippen molar-refractivity contribution in [3.8, 4) is 11.5 Å². The van der Waals surface area contributed by atoms with E-state index in [9.17, 15) is 14.4 Å². The maximum Gasteiger partial charge on any atom is 0.265 e. The SMILES string of the molecule is C[C@@H](C(=O)NCc1ccccn1)N1C(=O)COc2ccc(C(=O)COc3cccc(Cl)c3)cc21. The molecule has 3 aromatic rings. The van der Waals surface area contributed by atoms with E-state index in [0.717, 1.165) is 0 Å². The van der Waals surface area contributed by atoms with E-state index < -0.39 is 6.04 Å². The van der Waals surface area contributed by atoms with E-state index in [1.807, 2.05) is 6.07 Å². The predicted octanol–water partition coefficient (Wildman–Crippen LogP) is 3.43. The molecule has 174 valence electrons. The monoisotopic (exact) mass is 479 g/mol. The molecule has 2 aromatic carbocycles. The van der Waals surface area contributed by atoms with Gasteiger partial charge in [0, 0.05) is 16.8 Å². The second-order valence-corrected chi connectivity index (χ2v) is 8.06. The van der Waals surface area contributed by atoms with Crippen LogP contribution in [0.4, 0.5) is 5.69 Å². The number of rotatable bonds is 8. The molecule has 8 nitrogen and oxygen atoms in total. The summed E-state index contributed by atoms with van der Waals surface area (Å²) < 4.78 is 11.1. The number of nitrogens with one attached hydrogen (secondary N) is 1. The smallest absolute Gasteiger partial charge is 0.265 e. The number of hydrogen-bond acceptors (Lipinski definition) is 6. The summed E-state index contributed by atoms with van der Waals surface area (Å²) in [4.78, 5) is 43.8. The van der Waals surface area contributed by atoms with Gasteiger partial charge in [-0.25, -0.2) is 0 Å². The van der Waals surface area contributed by atoms with Gasteiger partial charge >= 0.3 is 0 Å². The van der Waals surface area contributed by atoms with Crippen LogP contribution in [0.3, 0.4) is 0 Å². The van der Waals surface area contributed by atoms with E-state index in [2.05, 4.69) is 10.3 Å². The highest BCUT2D eigenvalue weighted by atomic mass is 35.5. The molecule has 0 fully saturated rings. The summed E-state index contributed by atoms with van der Waals surface area (Å²) in [6, 6.07) is 16.1. The first-order chi connectivity index (χ1) is 16.4. The Morgan fingerprint density at radius 1 is 1.18 bits per heavy atom. The van der Waals surface area contributed by atoms with Crippen LogP contribution < -0.4 is 19.7 Å². The van der Waals surface area contributed by atoms with Gasteiger partial charge in [-0.15, -0.1) is 0 Å². The number of hydrogen-bond donors (Lipinski definition) is 1. The van der Waals surface area contributed by atoms with Crippen LogP contribution in [-0.4, -0.2) is 41.8 Å². The average molecular weight is 480 g/mol. The molecule has 0 spiro atoms. The van der Waals surface area contributed by atoms with Crippen molar-refractivity contribution in [2.75, 3.05) is 18.1 Å². The van der Waals surface area contributed by atoms with Crippen molar-refractivity contribution in [2.45, 2.75) is 19.5 Å². The van der Waals surface area contributed by atoms with Gasteiger partial charge in [0.2, 0.25) is 5.91 Å². The Balaban J connectivity index is 1.49. The number of fused-ring (bicyclic) bond motifs is 1. The minimum Gasteiger partial charge on any atom is -0.485 e. The number of Topliss-reactive ketones (excluding diaryl/α,β-unsaturated/α-hetero) is 1. The molecule has 1 aromatic heterocycles. The van der Waals surface area contributed by atoms with Crippen molar-refractivity contribution < 1.29 is 23.9 Å². The number of ether oxygens (including phenoxy) is 2. The van der Waals surface area contributed by atoms with Crippen molar-refractivity contribution in [2.24, 2.45) is 0 Å². The topological polar surface area (TPSA) is 97.8 Å². The average Bonchev–Trinajstić information content (AvgIpc) is 2.85. The summed E-state index contributed by atoms with van der Waals surface area (Å²) in [5.41, 5.74) is 1.37. The van der Waals surface area contributed by atoms with Crippen LogP contribution >= 0.6 is 11.6 Å². The number of amides is 2. The van der Waals surface area contributed by atoms with Gasteiger partial charge in [0.25, 0.3) is 5.91 Å². The minimum absolute atomic E-state index is 0.198. The molecule has 0 bridgehead atoms. The lowest BCUT2D eigenvalue weighted by Crippen LogP contribution is -2.51. The van der Waals surface area contributed by atoms with E-state index in [1.165, 1.54) is 4.90 Å². The summed E-state index contributed by atoms with van der Waals surface area (Å²) in [6.07, 6.45) is 1.64. The molecule has 0 saturated heterocycles. The molecule has 0 aliphatic carbocycles. The first kappa shape index (κ1) is 23.3. The van der Waals surface area contributed by atoms with Crippen LogP contribution in [0.15, 0.2) is 66.9 Å². The van der Waals surface area contributed by atoms with Crippen LogP contribution in [0, 0.1) is 0 Å². The van der Waals surface area contributed by atoms with Gasteiger partial charge in [0.05, 0.1) is 17.9 Å². The fourth-order valence-corrected chi connectivity index (χ4v) is 3.68. The van der Waals surface area contributed by atoms with Crippen LogP contribution in [-0.2, 0) is 16.1 Å². The number of aromatic nitrogens is 1. The Bertz CT molecular complexity index is 1220. The summed E-state index contributed by atoms with van der Waals surface area (Å²) >= 11 is 5.95. The van der Waals surface area contributed by atoms with Gasteiger partial charge in [-0.3, -0.25) is 24.3 Å². The summed E-state index contributed by atoms with van der Waals surface area (Å²) in [5.74, 6) is -0.151. The Labute approximate surface area is 201 Å². The summed E-state index contributed by atoms with van der Waals surface area (Å²) in [5, 5.41) is 3.29. The maximum atomic E-state index is 12.8. The van der Waals surface area contributed by atoms with Crippen molar-refractivity contribution in [3.05, 3.63) is 83.1 Å². The molecule has 34 heavy (non-hydrogen) atoms. The lowest BCUT2D eigenvalue weighted by molar-refractivity contribution is -0.127. The molecular weight excluding hydrogens is 458 g/mol. The Hall–Kier alpha value is -3.91. The van der Waals surface area contributed by atoms with Crippen molar-refractivity contribution >= 4 is 34.9 Å². The van der Waals surface area contributed by atoms with E-state index in [4.69, 9.17) is 21.1 Å². The van der Waals surface area contributed by atoms with Gasteiger partial charge in [-0.2, -0.15) is 0 Å². The molecule has 0 unspecified atom stereocenters. The third-order valence-electron chi connectivity index (χ3n) is 5.26. The zero-order chi connectivity index (χ0) is 24.1. The van der Waals surface area contributed by atoms with Crippen molar-refractivity contribution in [3.63, 3.8) is 0 Å². The normalized spacial score (nSPS) is 13.5. The van der Waals surface area contributed by atoms with Crippen molar-refractivity contribution in [1.82, 2.24) is 10.3 Å². The molecule has 1 N–H and O–H groups in total. The third kappa shape index (κ3) is 5.35.